The molecule has 1 fully saturated rings. The van der Waals surface area contributed by atoms with Crippen LogP contribution in [-0.2, 0) is 4.74 Å². The van der Waals surface area contributed by atoms with Gasteiger partial charge in [-0.05, 0) is 19.3 Å². The van der Waals surface area contributed by atoms with Gasteiger partial charge in [-0.25, -0.2) is 4.79 Å². The molecule has 0 aromatic heterocycles. The SMILES string of the molecule is COC(=O)N1CCCCC1(CN)C(F)(F)F. The van der Waals surface area contributed by atoms with Crippen LogP contribution in [0.2, 0.25) is 0 Å². The van der Waals surface area contributed by atoms with Gasteiger partial charge in [0.2, 0.25) is 0 Å². The van der Waals surface area contributed by atoms with Crippen molar-refractivity contribution in [2.24, 2.45) is 5.73 Å². The summed E-state index contributed by atoms with van der Waals surface area (Å²) < 4.78 is 43.4. The van der Waals surface area contributed by atoms with Crippen molar-refractivity contribution < 1.29 is 22.7 Å². The normalized spacial score (nSPS) is 26.7. The highest BCUT2D eigenvalue weighted by Crippen LogP contribution is 2.41. The number of rotatable bonds is 1. The van der Waals surface area contributed by atoms with E-state index < -0.39 is 24.4 Å². The van der Waals surface area contributed by atoms with E-state index >= 15 is 0 Å². The van der Waals surface area contributed by atoms with Crippen LogP contribution in [-0.4, -0.2) is 42.9 Å². The first-order chi connectivity index (χ1) is 7.39. The second kappa shape index (κ2) is 4.48. The van der Waals surface area contributed by atoms with E-state index in [1.54, 1.807) is 0 Å². The van der Waals surface area contributed by atoms with Crippen molar-refractivity contribution in [1.29, 1.82) is 0 Å². The molecule has 16 heavy (non-hydrogen) atoms. The van der Waals surface area contributed by atoms with E-state index in [-0.39, 0.29) is 13.0 Å². The summed E-state index contributed by atoms with van der Waals surface area (Å²) in [6.07, 6.45) is -4.72. The number of carbonyl (C=O) groups excluding carboxylic acids is 1. The van der Waals surface area contributed by atoms with Crippen LogP contribution in [0.5, 0.6) is 0 Å². The molecule has 1 aliphatic rings. The van der Waals surface area contributed by atoms with Crippen LogP contribution in [0.15, 0.2) is 0 Å². The molecule has 0 bridgehead atoms. The Morgan fingerprint density at radius 2 is 2.12 bits per heavy atom. The number of halogens is 3. The molecule has 1 saturated heterocycles. The average Bonchev–Trinajstić information content (AvgIpc) is 2.26. The molecule has 1 rings (SSSR count). The summed E-state index contributed by atoms with van der Waals surface area (Å²) in [5.74, 6) is 0. The van der Waals surface area contributed by atoms with E-state index in [0.29, 0.717) is 17.7 Å². The molecule has 1 unspecified atom stereocenters. The van der Waals surface area contributed by atoms with Crippen LogP contribution in [0.4, 0.5) is 18.0 Å². The molecule has 1 atom stereocenters. The fourth-order valence-corrected chi connectivity index (χ4v) is 2.04. The van der Waals surface area contributed by atoms with E-state index in [1.807, 2.05) is 0 Å². The molecule has 0 spiro atoms. The van der Waals surface area contributed by atoms with Crippen molar-refractivity contribution >= 4 is 6.09 Å². The third kappa shape index (κ3) is 1.95. The maximum absolute atomic E-state index is 13.0. The minimum absolute atomic E-state index is 0.0311. The molecule has 7 heteroatoms. The molecular formula is C9H15F3N2O2. The monoisotopic (exact) mass is 240 g/mol. The first kappa shape index (κ1) is 13.1. The Morgan fingerprint density at radius 1 is 1.50 bits per heavy atom. The highest BCUT2D eigenvalue weighted by atomic mass is 19.4. The smallest absolute Gasteiger partial charge is 0.413 e. The lowest BCUT2D eigenvalue weighted by Gasteiger charge is -2.46. The van der Waals surface area contributed by atoms with Crippen LogP contribution >= 0.6 is 0 Å². The van der Waals surface area contributed by atoms with Crippen molar-refractivity contribution in [2.75, 3.05) is 20.2 Å². The lowest BCUT2D eigenvalue weighted by atomic mass is 9.86. The van der Waals surface area contributed by atoms with Gasteiger partial charge in [-0.3, -0.25) is 4.90 Å². The van der Waals surface area contributed by atoms with Gasteiger partial charge in [-0.2, -0.15) is 13.2 Å². The number of hydrogen-bond donors (Lipinski definition) is 1. The van der Waals surface area contributed by atoms with Crippen LogP contribution in [0, 0.1) is 0 Å². The molecule has 0 aromatic carbocycles. The molecule has 1 heterocycles. The number of amides is 1. The molecule has 0 saturated carbocycles. The largest absolute Gasteiger partial charge is 0.453 e. The van der Waals surface area contributed by atoms with Gasteiger partial charge >= 0.3 is 12.3 Å². The van der Waals surface area contributed by atoms with E-state index in [4.69, 9.17) is 5.73 Å². The Kier molecular flexibility index (Phi) is 3.67. The van der Waals surface area contributed by atoms with Gasteiger partial charge in [0.05, 0.1) is 7.11 Å². The Labute approximate surface area is 91.5 Å². The Hall–Kier alpha value is -0.980. The van der Waals surface area contributed by atoms with Gasteiger partial charge in [-0.15, -0.1) is 0 Å². The summed E-state index contributed by atoms with van der Waals surface area (Å²) in [4.78, 5) is 12.0. The van der Waals surface area contributed by atoms with Crippen molar-refractivity contribution in [2.45, 2.75) is 31.0 Å². The predicted molar refractivity (Wildman–Crippen MR) is 50.8 cm³/mol. The maximum atomic E-state index is 13.0. The first-order valence-corrected chi connectivity index (χ1v) is 5.01. The average molecular weight is 240 g/mol. The van der Waals surface area contributed by atoms with E-state index in [1.165, 1.54) is 0 Å². The van der Waals surface area contributed by atoms with Gasteiger partial charge in [0, 0.05) is 13.1 Å². The minimum atomic E-state index is -4.53. The molecule has 2 N–H and O–H groups in total. The zero-order chi connectivity index (χ0) is 12.4. The number of likely N-dealkylation sites (tertiary alicyclic amines) is 1. The fraction of sp³-hybridized carbons (Fsp3) is 0.889. The summed E-state index contributed by atoms with van der Waals surface area (Å²) in [6.45, 7) is -0.602. The van der Waals surface area contributed by atoms with Crippen LogP contribution < -0.4 is 5.73 Å². The lowest BCUT2D eigenvalue weighted by molar-refractivity contribution is -0.230. The molecule has 1 aliphatic heterocycles. The van der Waals surface area contributed by atoms with Gasteiger partial charge in [0.1, 0.15) is 0 Å². The number of methoxy groups -OCH3 is 1. The number of piperidine rings is 1. The summed E-state index contributed by atoms with van der Waals surface area (Å²) in [7, 11) is 1.06. The zero-order valence-corrected chi connectivity index (χ0v) is 9.01. The number of nitrogens with zero attached hydrogens (tertiary/aromatic N) is 1. The fourth-order valence-electron chi connectivity index (χ4n) is 2.04. The highest BCUT2D eigenvalue weighted by molar-refractivity contribution is 5.69. The minimum Gasteiger partial charge on any atom is -0.453 e. The Morgan fingerprint density at radius 3 is 2.56 bits per heavy atom. The quantitative estimate of drug-likeness (QED) is 0.755. The topological polar surface area (TPSA) is 55.6 Å². The third-order valence-electron chi connectivity index (χ3n) is 3.00. The molecule has 94 valence electrons. The standard InChI is InChI=1S/C9H15F3N2O2/c1-16-7(15)14-5-3-2-4-8(14,6-13)9(10,11)12/h2-6,13H2,1H3. The van der Waals surface area contributed by atoms with Gasteiger partial charge in [0.15, 0.2) is 5.54 Å². The van der Waals surface area contributed by atoms with Crippen LogP contribution in [0.25, 0.3) is 0 Å². The summed E-state index contributed by atoms with van der Waals surface area (Å²) in [6, 6.07) is 0. The van der Waals surface area contributed by atoms with Crippen LogP contribution in [0.1, 0.15) is 19.3 Å². The molecule has 0 aromatic rings. The van der Waals surface area contributed by atoms with Gasteiger partial charge < -0.3 is 10.5 Å². The number of alkyl halides is 3. The lowest BCUT2D eigenvalue weighted by Crippen LogP contribution is -2.66. The second-order valence-electron chi connectivity index (χ2n) is 3.81. The number of nitrogens with two attached hydrogens (primary N) is 1. The van der Waals surface area contributed by atoms with Crippen molar-refractivity contribution in [3.05, 3.63) is 0 Å². The highest BCUT2D eigenvalue weighted by Gasteiger charge is 2.60. The van der Waals surface area contributed by atoms with E-state index in [9.17, 15) is 18.0 Å². The van der Waals surface area contributed by atoms with Crippen molar-refractivity contribution in [3.8, 4) is 0 Å². The van der Waals surface area contributed by atoms with Crippen molar-refractivity contribution in [1.82, 2.24) is 4.90 Å². The van der Waals surface area contributed by atoms with Crippen LogP contribution in [0.3, 0.4) is 0 Å². The van der Waals surface area contributed by atoms with E-state index in [2.05, 4.69) is 4.74 Å². The molecule has 4 nitrogen and oxygen atoms in total. The van der Waals surface area contributed by atoms with Crippen molar-refractivity contribution in [3.63, 3.8) is 0 Å². The third-order valence-corrected chi connectivity index (χ3v) is 3.00. The summed E-state index contributed by atoms with van der Waals surface area (Å²) in [5, 5.41) is 0. The maximum Gasteiger partial charge on any atom is 0.413 e. The Bertz CT molecular complexity index is 270. The summed E-state index contributed by atoms with van der Waals surface area (Å²) in [5.41, 5.74) is 2.97. The first-order valence-electron chi connectivity index (χ1n) is 5.01. The zero-order valence-electron chi connectivity index (χ0n) is 9.01. The number of ether oxygens (including phenoxy) is 1. The molecule has 0 aliphatic carbocycles. The molecule has 1 amide bonds. The van der Waals surface area contributed by atoms with E-state index in [0.717, 1.165) is 7.11 Å². The number of carbonyl (C=O) groups is 1. The molecular weight excluding hydrogens is 225 g/mol. The van der Waals surface area contributed by atoms with Gasteiger partial charge in [0.25, 0.3) is 0 Å². The molecule has 0 radical (unpaired) electrons. The van der Waals surface area contributed by atoms with Gasteiger partial charge in [-0.1, -0.05) is 0 Å². The number of hydrogen-bond acceptors (Lipinski definition) is 3. The second-order valence-corrected chi connectivity index (χ2v) is 3.81. The predicted octanol–water partition coefficient (Wildman–Crippen LogP) is 1.50. The summed E-state index contributed by atoms with van der Waals surface area (Å²) >= 11 is 0. The Balaban J connectivity index is 3.06.